The highest BCUT2D eigenvalue weighted by Crippen LogP contribution is 2.57. The Kier molecular flexibility index (Phi) is 13.1. The maximum atomic E-state index is 14.3. The summed E-state index contributed by atoms with van der Waals surface area (Å²) in [5, 5.41) is -0.182. The lowest BCUT2D eigenvalue weighted by Crippen LogP contribution is -2.50. The molecule has 20 nitrogen and oxygen atoms in total. The number of hydrogen-bond donors (Lipinski definition) is 0. The third-order valence-electron chi connectivity index (χ3n) is 11.1. The van der Waals surface area contributed by atoms with E-state index in [4.69, 9.17) is 41.7 Å². The van der Waals surface area contributed by atoms with Gasteiger partial charge in [0.2, 0.25) is 0 Å². The van der Waals surface area contributed by atoms with E-state index in [0.717, 1.165) is 10.1 Å². The smallest absolute Gasteiger partial charge is 0.408 e. The van der Waals surface area contributed by atoms with Crippen molar-refractivity contribution in [1.29, 1.82) is 0 Å². The van der Waals surface area contributed by atoms with Crippen molar-refractivity contribution in [3.05, 3.63) is 81.7 Å². The van der Waals surface area contributed by atoms with E-state index in [1.807, 2.05) is 44.4 Å². The van der Waals surface area contributed by atoms with Gasteiger partial charge in [0, 0.05) is 40.6 Å². The topological polar surface area (TPSA) is 203 Å². The van der Waals surface area contributed by atoms with Crippen LogP contribution in [0.2, 0.25) is 18.1 Å². The fourth-order valence-corrected chi connectivity index (χ4v) is 9.69. The second-order valence-electron chi connectivity index (χ2n) is 16.4. The first kappa shape index (κ1) is 44.1. The first-order valence-electron chi connectivity index (χ1n) is 19.5. The summed E-state index contributed by atoms with van der Waals surface area (Å²) in [5.74, 6) is 0.378. The molecular weight excluding hydrogens is 820 g/mol. The minimum Gasteiger partial charge on any atom is -0.408 e. The van der Waals surface area contributed by atoms with Crippen LogP contribution in [0.5, 0.6) is 0 Å². The SMILES string of the molecule is CO[C@@H]1[C@@H]2O[P@](=O)(OC[C@H]3O[C@@H](n4cnc5c(N=CN(C)C)ncnc54)[C@H](OC)[C@@H]3O[Si](C)(C)C(C)(C)C)OC[C@H]2O[C@H]1n1ccc(=O)n(COCc2ccccc2)c1=O. The molecule has 60 heavy (non-hydrogen) atoms. The molecule has 326 valence electrons. The highest BCUT2D eigenvalue weighted by Gasteiger charge is 2.56. The molecule has 3 fully saturated rings. The Morgan fingerprint density at radius 3 is 2.42 bits per heavy atom. The zero-order valence-corrected chi connectivity index (χ0v) is 37.0. The highest BCUT2D eigenvalue weighted by molar-refractivity contribution is 7.48. The molecule has 3 aliphatic rings. The zero-order chi connectivity index (χ0) is 43.0. The average molecular weight is 873 g/mol. The number of aliphatic imine (C=N–C) groups is 1. The molecule has 22 heteroatoms. The average Bonchev–Trinajstić information content (AvgIpc) is 3.90. The number of methoxy groups -OCH3 is 2. The van der Waals surface area contributed by atoms with Gasteiger partial charge in [0.05, 0.1) is 32.5 Å². The van der Waals surface area contributed by atoms with Crippen LogP contribution in [0.1, 0.15) is 38.8 Å². The fraction of sp³-hybridized carbons (Fsp3) is 0.579. The first-order chi connectivity index (χ1) is 28.5. The van der Waals surface area contributed by atoms with E-state index in [-0.39, 0.29) is 31.6 Å². The molecule has 3 aromatic heterocycles. The number of phosphoric acid groups is 1. The van der Waals surface area contributed by atoms with E-state index in [1.165, 1.54) is 30.3 Å². The number of benzene rings is 1. The summed E-state index contributed by atoms with van der Waals surface area (Å²) >= 11 is 0. The fourth-order valence-electron chi connectivity index (χ4n) is 6.96. The predicted octanol–water partition coefficient (Wildman–Crippen LogP) is 4.00. The molecule has 3 saturated heterocycles. The Hall–Kier alpha value is -3.99. The van der Waals surface area contributed by atoms with Gasteiger partial charge in [-0.1, -0.05) is 51.1 Å². The second-order valence-corrected chi connectivity index (χ2v) is 22.8. The van der Waals surface area contributed by atoms with Gasteiger partial charge in [0.25, 0.3) is 5.56 Å². The largest absolute Gasteiger partial charge is 0.475 e. The first-order valence-corrected chi connectivity index (χ1v) is 23.8. The monoisotopic (exact) mass is 872 g/mol. The summed E-state index contributed by atoms with van der Waals surface area (Å²) in [4.78, 5) is 46.0. The molecular formula is C38H53N8O12PSi. The van der Waals surface area contributed by atoms with E-state index in [9.17, 15) is 14.2 Å². The summed E-state index contributed by atoms with van der Waals surface area (Å²) in [6.45, 7) is 10.0. The van der Waals surface area contributed by atoms with Crippen LogP contribution in [0.3, 0.4) is 0 Å². The molecule has 0 bridgehead atoms. The summed E-state index contributed by atoms with van der Waals surface area (Å²) in [7, 11) is -0.0931. The minimum absolute atomic E-state index is 0.182. The summed E-state index contributed by atoms with van der Waals surface area (Å²) in [5.41, 5.74) is 0.559. The maximum Gasteiger partial charge on any atom is 0.475 e. The molecule has 0 aliphatic carbocycles. The Bertz CT molecular complexity index is 2320. The molecule has 0 N–H and O–H groups in total. The van der Waals surface area contributed by atoms with E-state index < -0.39 is 76.5 Å². The summed E-state index contributed by atoms with van der Waals surface area (Å²) < 4.78 is 73.5. The molecule has 3 aliphatic heterocycles. The van der Waals surface area contributed by atoms with Crippen LogP contribution in [0.15, 0.2) is 69.8 Å². The minimum atomic E-state index is -4.30. The van der Waals surface area contributed by atoms with E-state index in [1.54, 1.807) is 29.2 Å². The Morgan fingerprint density at radius 1 is 0.983 bits per heavy atom. The number of ether oxygens (including phenoxy) is 5. The Morgan fingerprint density at radius 2 is 1.72 bits per heavy atom. The Balaban J connectivity index is 1.10. The van der Waals surface area contributed by atoms with Crippen molar-refractivity contribution in [1.82, 2.24) is 33.6 Å². The lowest BCUT2D eigenvalue weighted by molar-refractivity contribution is -0.0844. The number of rotatable bonds is 15. The van der Waals surface area contributed by atoms with Crippen LogP contribution < -0.4 is 11.2 Å². The van der Waals surface area contributed by atoms with Crippen LogP contribution in [0.25, 0.3) is 11.2 Å². The summed E-state index contributed by atoms with van der Waals surface area (Å²) in [6, 6.07) is 10.6. The highest BCUT2D eigenvalue weighted by atomic mass is 31.2. The van der Waals surface area contributed by atoms with Gasteiger partial charge < -0.3 is 33.0 Å². The number of phosphoric ester groups is 1. The molecule has 0 radical (unpaired) electrons. The van der Waals surface area contributed by atoms with Crippen LogP contribution >= 0.6 is 7.82 Å². The lowest BCUT2D eigenvalue weighted by atomic mass is 10.1. The third-order valence-corrected chi connectivity index (χ3v) is 17.0. The van der Waals surface area contributed by atoms with Crippen molar-refractivity contribution < 1.29 is 46.2 Å². The number of imidazole rings is 1. The van der Waals surface area contributed by atoms with Crippen molar-refractivity contribution in [2.75, 3.05) is 41.5 Å². The third kappa shape index (κ3) is 8.98. The Labute approximate surface area is 348 Å². The lowest BCUT2D eigenvalue weighted by Gasteiger charge is -2.40. The molecule has 0 unspecified atom stereocenters. The van der Waals surface area contributed by atoms with Crippen molar-refractivity contribution in [3.63, 3.8) is 0 Å². The van der Waals surface area contributed by atoms with Crippen molar-refractivity contribution in [2.45, 2.75) is 101 Å². The molecule has 0 saturated carbocycles. The molecule has 9 atom stereocenters. The van der Waals surface area contributed by atoms with Crippen LogP contribution in [0, 0.1) is 0 Å². The van der Waals surface area contributed by atoms with E-state index in [0.29, 0.717) is 17.0 Å². The molecule has 1 aromatic carbocycles. The molecule has 4 aromatic rings. The van der Waals surface area contributed by atoms with Crippen molar-refractivity contribution in [2.24, 2.45) is 4.99 Å². The number of fused-ring (bicyclic) bond motifs is 2. The van der Waals surface area contributed by atoms with Gasteiger partial charge in [0.1, 0.15) is 49.7 Å². The predicted molar refractivity (Wildman–Crippen MR) is 219 cm³/mol. The van der Waals surface area contributed by atoms with Crippen LogP contribution in [0.4, 0.5) is 5.82 Å². The molecule has 0 spiro atoms. The maximum absolute atomic E-state index is 14.3. The van der Waals surface area contributed by atoms with E-state index in [2.05, 4.69) is 53.8 Å². The second kappa shape index (κ2) is 17.8. The molecule has 0 amide bonds. The number of nitrogens with zero attached hydrogens (tertiary/aromatic N) is 8. The van der Waals surface area contributed by atoms with Gasteiger partial charge in [0.15, 0.2) is 37.8 Å². The number of aromatic nitrogens is 6. The van der Waals surface area contributed by atoms with Crippen molar-refractivity contribution in [3.8, 4) is 0 Å². The summed E-state index contributed by atoms with van der Waals surface area (Å²) in [6.07, 6.45) is -0.866. The van der Waals surface area contributed by atoms with E-state index >= 15 is 0 Å². The zero-order valence-electron chi connectivity index (χ0n) is 35.1. The molecule has 7 rings (SSSR count). The quantitative estimate of drug-likeness (QED) is 0.0717. The van der Waals surface area contributed by atoms with Gasteiger partial charge in [-0.15, -0.1) is 0 Å². The number of hydrogen-bond acceptors (Lipinski definition) is 16. The van der Waals surface area contributed by atoms with Gasteiger partial charge in [-0.3, -0.25) is 27.5 Å². The normalized spacial score (nSPS) is 28.5. The van der Waals surface area contributed by atoms with Gasteiger partial charge in [-0.25, -0.2) is 33.9 Å². The van der Waals surface area contributed by atoms with Gasteiger partial charge >= 0.3 is 13.5 Å². The van der Waals surface area contributed by atoms with Gasteiger partial charge in [-0.2, -0.15) is 0 Å². The van der Waals surface area contributed by atoms with Gasteiger partial charge in [-0.05, 0) is 23.7 Å². The van der Waals surface area contributed by atoms with Crippen LogP contribution in [-0.4, -0.2) is 126 Å². The molecule has 6 heterocycles. The van der Waals surface area contributed by atoms with Crippen molar-refractivity contribution >= 4 is 39.5 Å². The van der Waals surface area contributed by atoms with Crippen LogP contribution in [-0.2, 0) is 59.6 Å². The standard InChI is InChI=1S/C38H53N8O12PSi/c1-38(2,3)60(8,9)58-30-26(56-36(32(30)51-7)45-22-41-28-33(42-21-43(4)5)39-20-40-34(28)45)19-54-59(49)53-18-25-29(57-59)31(50-6)35(55-25)44-16-15-27(47)46(37(44)48)23-52-17-24-13-11-10-12-14-24/h10-16,20-22,25-26,29-32,35-36H,17-19,23H2,1-9H3/t25-,26-,29-,30-,31-,32-,35-,36-,59+/m1/s1.